The summed E-state index contributed by atoms with van der Waals surface area (Å²) in [5.74, 6) is 1.59. The normalized spacial score (nSPS) is 12.5. The van der Waals surface area contributed by atoms with E-state index in [1.807, 2.05) is 31.3 Å². The zero-order valence-corrected chi connectivity index (χ0v) is 16.0. The van der Waals surface area contributed by atoms with E-state index in [0.29, 0.717) is 0 Å². The number of methoxy groups -OCH3 is 2. The summed E-state index contributed by atoms with van der Waals surface area (Å²) in [6.45, 7) is 3.89. The number of nitrogens with one attached hydrogen (secondary N) is 1. The average Bonchev–Trinajstić information content (AvgIpc) is 2.69. The number of aryl methyl sites for hydroxylation is 1. The monoisotopic (exact) mass is 351 g/mol. The lowest BCUT2D eigenvalue weighted by atomic mass is 9.93. The Hall–Kier alpha value is -2.52. The average molecular weight is 351 g/mol. The fourth-order valence-electron chi connectivity index (χ4n) is 3.22. The number of ether oxygens (including phenoxy) is 2. The molecule has 0 unspecified atom stereocenters. The van der Waals surface area contributed by atoms with Crippen molar-refractivity contribution in [3.05, 3.63) is 84.0 Å². The van der Waals surface area contributed by atoms with Crippen molar-refractivity contribution < 1.29 is 9.47 Å². The van der Waals surface area contributed by atoms with Crippen LogP contribution in [-0.2, 0) is 12.8 Å². The minimum absolute atomic E-state index is 0.270. The highest BCUT2D eigenvalue weighted by Crippen LogP contribution is 2.32. The van der Waals surface area contributed by atoms with E-state index in [2.05, 4.69) is 48.3 Å². The van der Waals surface area contributed by atoms with E-state index in [1.165, 1.54) is 11.1 Å². The standard InChI is InChI=1S/C23H29NO2/c1-5-10-19(21(24-2)17-18-11-7-6-8-12-18)15-16-20-13-9-14-22(25-3)23(20)26-4/h5-14,21,24H,1,15-17H2,2-4H3/b19-10-/t21-/m0/s1. The van der Waals surface area contributed by atoms with Gasteiger partial charge in [-0.25, -0.2) is 0 Å². The largest absolute Gasteiger partial charge is 0.493 e. The number of para-hydroxylation sites is 1. The van der Waals surface area contributed by atoms with Crippen molar-refractivity contribution in [2.24, 2.45) is 0 Å². The van der Waals surface area contributed by atoms with E-state index < -0.39 is 0 Å². The Balaban J connectivity index is 2.15. The number of hydrogen-bond acceptors (Lipinski definition) is 3. The maximum Gasteiger partial charge on any atom is 0.163 e. The third-order valence-electron chi connectivity index (χ3n) is 4.58. The Kier molecular flexibility index (Phi) is 7.97. The molecule has 0 aliphatic carbocycles. The van der Waals surface area contributed by atoms with Crippen LogP contribution in [0.15, 0.2) is 72.8 Å². The zero-order valence-electron chi connectivity index (χ0n) is 16.0. The fraction of sp³-hybridized carbons (Fsp3) is 0.304. The Bertz CT molecular complexity index is 722. The zero-order chi connectivity index (χ0) is 18.8. The molecule has 1 N–H and O–H groups in total. The Morgan fingerprint density at radius 2 is 1.85 bits per heavy atom. The third-order valence-corrected chi connectivity index (χ3v) is 4.58. The number of hydrogen-bond donors (Lipinski definition) is 1. The van der Waals surface area contributed by atoms with Crippen LogP contribution >= 0.6 is 0 Å². The van der Waals surface area contributed by atoms with Gasteiger partial charge in [-0.15, -0.1) is 0 Å². The molecule has 0 radical (unpaired) electrons. The third kappa shape index (κ3) is 5.24. The molecule has 0 bridgehead atoms. The maximum atomic E-state index is 5.56. The predicted octanol–water partition coefficient (Wildman–Crippen LogP) is 4.58. The summed E-state index contributed by atoms with van der Waals surface area (Å²) in [5, 5.41) is 3.45. The van der Waals surface area contributed by atoms with Crippen LogP contribution in [0.25, 0.3) is 0 Å². The molecule has 2 aromatic carbocycles. The van der Waals surface area contributed by atoms with Crippen molar-refractivity contribution in [1.82, 2.24) is 5.32 Å². The summed E-state index contributed by atoms with van der Waals surface area (Å²) < 4.78 is 11.0. The Labute approximate surface area is 157 Å². The number of rotatable bonds is 10. The van der Waals surface area contributed by atoms with Gasteiger partial charge in [-0.05, 0) is 43.5 Å². The van der Waals surface area contributed by atoms with Crippen molar-refractivity contribution in [2.75, 3.05) is 21.3 Å². The highest BCUT2D eigenvalue weighted by molar-refractivity contribution is 5.47. The Morgan fingerprint density at radius 1 is 1.08 bits per heavy atom. The van der Waals surface area contributed by atoms with Crippen molar-refractivity contribution in [1.29, 1.82) is 0 Å². The van der Waals surface area contributed by atoms with E-state index in [1.54, 1.807) is 14.2 Å². The molecule has 0 amide bonds. The molecule has 0 fully saturated rings. The molecule has 1 atom stereocenters. The molecule has 2 rings (SSSR count). The second-order valence-corrected chi connectivity index (χ2v) is 6.16. The Morgan fingerprint density at radius 3 is 2.46 bits per heavy atom. The molecule has 3 heteroatoms. The van der Waals surface area contributed by atoms with Gasteiger partial charge in [0, 0.05) is 6.04 Å². The molecule has 138 valence electrons. The van der Waals surface area contributed by atoms with Gasteiger partial charge in [0.05, 0.1) is 14.2 Å². The van der Waals surface area contributed by atoms with Crippen LogP contribution in [0.1, 0.15) is 17.5 Å². The summed E-state index contributed by atoms with van der Waals surface area (Å²) >= 11 is 0. The number of allylic oxidation sites excluding steroid dienone is 2. The highest BCUT2D eigenvalue weighted by atomic mass is 16.5. The molecule has 26 heavy (non-hydrogen) atoms. The molecule has 0 saturated carbocycles. The summed E-state index contributed by atoms with van der Waals surface area (Å²) in [4.78, 5) is 0. The lowest BCUT2D eigenvalue weighted by molar-refractivity contribution is 0.351. The molecular weight excluding hydrogens is 322 g/mol. The first-order chi connectivity index (χ1) is 12.7. The quantitative estimate of drug-likeness (QED) is 0.636. The molecular formula is C23H29NO2. The van der Waals surface area contributed by atoms with Gasteiger partial charge < -0.3 is 14.8 Å². The topological polar surface area (TPSA) is 30.5 Å². The summed E-state index contributed by atoms with van der Waals surface area (Å²) in [7, 11) is 5.37. The lowest BCUT2D eigenvalue weighted by Crippen LogP contribution is -2.30. The van der Waals surface area contributed by atoms with Crippen LogP contribution < -0.4 is 14.8 Å². The SMILES string of the molecule is C=C/C=C(/CCc1cccc(OC)c1OC)[C@H](Cc1ccccc1)NC. The van der Waals surface area contributed by atoms with Crippen LogP contribution in [-0.4, -0.2) is 27.3 Å². The van der Waals surface area contributed by atoms with Crippen molar-refractivity contribution in [3.63, 3.8) is 0 Å². The fourth-order valence-corrected chi connectivity index (χ4v) is 3.22. The first kappa shape index (κ1) is 19.8. The maximum absolute atomic E-state index is 5.56. The van der Waals surface area contributed by atoms with E-state index in [0.717, 1.165) is 36.3 Å². The van der Waals surface area contributed by atoms with Crippen LogP contribution in [0.2, 0.25) is 0 Å². The second-order valence-electron chi connectivity index (χ2n) is 6.16. The van der Waals surface area contributed by atoms with Gasteiger partial charge in [-0.2, -0.15) is 0 Å². The minimum Gasteiger partial charge on any atom is -0.493 e. The summed E-state index contributed by atoms with van der Waals surface area (Å²) in [6.07, 6.45) is 6.75. The molecule has 0 aliphatic rings. The van der Waals surface area contributed by atoms with Crippen LogP contribution in [0, 0.1) is 0 Å². The first-order valence-electron chi connectivity index (χ1n) is 8.96. The van der Waals surface area contributed by atoms with E-state index in [4.69, 9.17) is 9.47 Å². The molecule has 0 saturated heterocycles. The van der Waals surface area contributed by atoms with Gasteiger partial charge in [-0.3, -0.25) is 0 Å². The second kappa shape index (κ2) is 10.5. The first-order valence-corrected chi connectivity index (χ1v) is 8.96. The summed E-state index contributed by atoms with van der Waals surface area (Å²) in [6, 6.07) is 16.8. The molecule has 0 aliphatic heterocycles. The van der Waals surface area contributed by atoms with Crippen LogP contribution in [0.3, 0.4) is 0 Å². The molecule has 0 spiro atoms. The number of likely N-dealkylation sites (N-methyl/N-ethyl adjacent to an activating group) is 1. The number of benzene rings is 2. The smallest absolute Gasteiger partial charge is 0.163 e. The van der Waals surface area contributed by atoms with Crippen molar-refractivity contribution in [2.45, 2.75) is 25.3 Å². The van der Waals surface area contributed by atoms with Gasteiger partial charge >= 0.3 is 0 Å². The van der Waals surface area contributed by atoms with E-state index >= 15 is 0 Å². The van der Waals surface area contributed by atoms with E-state index in [-0.39, 0.29) is 6.04 Å². The van der Waals surface area contributed by atoms with Crippen molar-refractivity contribution >= 4 is 0 Å². The predicted molar refractivity (Wildman–Crippen MR) is 109 cm³/mol. The van der Waals surface area contributed by atoms with Gasteiger partial charge in [0.2, 0.25) is 0 Å². The van der Waals surface area contributed by atoms with E-state index in [9.17, 15) is 0 Å². The van der Waals surface area contributed by atoms with Crippen molar-refractivity contribution in [3.8, 4) is 11.5 Å². The van der Waals surface area contributed by atoms with Gasteiger partial charge in [-0.1, -0.05) is 66.8 Å². The highest BCUT2D eigenvalue weighted by Gasteiger charge is 2.15. The summed E-state index contributed by atoms with van der Waals surface area (Å²) in [5.41, 5.74) is 3.80. The molecule has 0 aromatic heterocycles. The molecule has 3 nitrogen and oxygen atoms in total. The van der Waals surface area contributed by atoms with Gasteiger partial charge in [0.15, 0.2) is 11.5 Å². The van der Waals surface area contributed by atoms with Crippen LogP contribution in [0.5, 0.6) is 11.5 Å². The van der Waals surface area contributed by atoms with Gasteiger partial charge in [0.25, 0.3) is 0 Å². The minimum atomic E-state index is 0.270. The van der Waals surface area contributed by atoms with Gasteiger partial charge in [0.1, 0.15) is 0 Å². The molecule has 0 heterocycles. The molecule has 2 aromatic rings. The van der Waals surface area contributed by atoms with Crippen LogP contribution in [0.4, 0.5) is 0 Å². The lowest BCUT2D eigenvalue weighted by Gasteiger charge is -2.21.